The Balaban J connectivity index is 2.15. The second-order valence-corrected chi connectivity index (χ2v) is 7.69. The number of nitrogens with one attached hydrogen (secondary N) is 1. The normalized spacial score (nSPS) is 22.3. The number of nitrogens with zero attached hydrogens (tertiary/aromatic N) is 2. The topological polar surface area (TPSA) is 41.5 Å². The second kappa shape index (κ2) is 14.0. The molecule has 4 heteroatoms. The largest absolute Gasteiger partial charge is 0.351 e. The first-order chi connectivity index (χ1) is 12.6. The van der Waals surface area contributed by atoms with Crippen molar-refractivity contribution in [1.29, 1.82) is 0 Å². The summed E-state index contributed by atoms with van der Waals surface area (Å²) in [4.78, 5) is 15.9. The Hall–Kier alpha value is -1.16. The van der Waals surface area contributed by atoms with Gasteiger partial charge in [0.25, 0.3) is 0 Å². The average Bonchev–Trinajstić information content (AvgIpc) is 3.02. The first-order valence-electron chi connectivity index (χ1n) is 10.9. The number of aliphatic imine (C=N–C) groups is 1. The van der Waals surface area contributed by atoms with E-state index in [1.807, 2.05) is 0 Å². The highest BCUT2D eigenvalue weighted by molar-refractivity contribution is 5.72. The van der Waals surface area contributed by atoms with Gasteiger partial charge < -0.3 is 5.32 Å². The van der Waals surface area contributed by atoms with Gasteiger partial charge in [-0.3, -0.25) is 9.28 Å². The van der Waals surface area contributed by atoms with Gasteiger partial charge in [-0.05, 0) is 39.0 Å². The van der Waals surface area contributed by atoms with E-state index in [-0.39, 0.29) is 5.91 Å². The molecule has 150 valence electrons. The Morgan fingerprint density at radius 2 is 1.81 bits per heavy atom. The Labute approximate surface area is 161 Å². The fraction of sp³-hybridized carbons (Fsp3) is 0.818. The molecule has 0 fully saturated rings. The molecule has 0 aliphatic carbocycles. The second-order valence-electron chi connectivity index (χ2n) is 7.69. The lowest BCUT2D eigenvalue weighted by Gasteiger charge is -2.38. The SMILES string of the molecule is CCCCCC/C=C/CCCCCC1N=CC[N+]1(CC)CCNC(C)=O. The number of unbranched alkanes of at least 4 members (excludes halogenated alkanes) is 7. The molecule has 1 aliphatic heterocycles. The van der Waals surface area contributed by atoms with Gasteiger partial charge in [0.05, 0.1) is 25.8 Å². The average molecular weight is 365 g/mol. The number of allylic oxidation sites excluding steroid dienone is 2. The lowest BCUT2D eigenvalue weighted by atomic mass is 10.1. The molecule has 0 aromatic rings. The van der Waals surface area contributed by atoms with Crippen LogP contribution in [-0.2, 0) is 4.79 Å². The van der Waals surface area contributed by atoms with Crippen LogP contribution in [0.1, 0.15) is 85.0 Å². The molecular weight excluding hydrogens is 322 g/mol. The molecule has 1 rings (SSSR count). The van der Waals surface area contributed by atoms with Gasteiger partial charge in [-0.2, -0.15) is 0 Å². The van der Waals surface area contributed by atoms with Crippen molar-refractivity contribution in [2.45, 2.75) is 91.1 Å². The number of hydrogen-bond acceptors (Lipinski definition) is 2. The molecule has 1 heterocycles. The first-order valence-corrected chi connectivity index (χ1v) is 10.9. The van der Waals surface area contributed by atoms with E-state index in [4.69, 9.17) is 4.99 Å². The third-order valence-electron chi connectivity index (χ3n) is 5.64. The summed E-state index contributed by atoms with van der Waals surface area (Å²) in [5.74, 6) is 0.0642. The molecule has 0 radical (unpaired) electrons. The third-order valence-corrected chi connectivity index (χ3v) is 5.64. The van der Waals surface area contributed by atoms with Gasteiger partial charge in [0.2, 0.25) is 5.91 Å². The van der Waals surface area contributed by atoms with Crippen molar-refractivity contribution in [3.63, 3.8) is 0 Å². The Morgan fingerprint density at radius 1 is 1.12 bits per heavy atom. The van der Waals surface area contributed by atoms with Crippen LogP contribution in [0, 0.1) is 0 Å². The summed E-state index contributed by atoms with van der Waals surface area (Å²) in [6.45, 7) is 9.95. The summed E-state index contributed by atoms with van der Waals surface area (Å²) in [6.07, 6.45) is 20.1. The van der Waals surface area contributed by atoms with Crippen molar-refractivity contribution in [3.8, 4) is 0 Å². The van der Waals surface area contributed by atoms with E-state index >= 15 is 0 Å². The van der Waals surface area contributed by atoms with Crippen molar-refractivity contribution in [3.05, 3.63) is 12.2 Å². The summed E-state index contributed by atoms with van der Waals surface area (Å²) >= 11 is 0. The lowest BCUT2D eigenvalue weighted by molar-refractivity contribution is -0.935. The molecule has 0 spiro atoms. The first kappa shape index (κ1) is 22.9. The maximum atomic E-state index is 11.1. The fourth-order valence-electron chi connectivity index (χ4n) is 3.83. The molecule has 4 nitrogen and oxygen atoms in total. The molecule has 2 atom stereocenters. The summed E-state index contributed by atoms with van der Waals surface area (Å²) in [5, 5.41) is 2.95. The monoisotopic (exact) mass is 364 g/mol. The van der Waals surface area contributed by atoms with Crippen LogP contribution in [0.3, 0.4) is 0 Å². The maximum Gasteiger partial charge on any atom is 0.217 e. The maximum absolute atomic E-state index is 11.1. The molecule has 0 saturated heterocycles. The van der Waals surface area contributed by atoms with Gasteiger partial charge in [0.1, 0.15) is 6.54 Å². The molecule has 0 aromatic heterocycles. The van der Waals surface area contributed by atoms with E-state index in [1.165, 1.54) is 64.2 Å². The van der Waals surface area contributed by atoms with Crippen LogP contribution < -0.4 is 5.32 Å². The van der Waals surface area contributed by atoms with Crippen LogP contribution >= 0.6 is 0 Å². The predicted octanol–water partition coefficient (Wildman–Crippen LogP) is 4.85. The standard InChI is InChI=1S/C22H41N3O/c1-4-6-7-8-9-10-11-12-13-14-15-16-22-24-18-20-25(22,5-2)19-17-23-21(3)26/h10-11,18,22H,4-9,12-17,19-20H2,1-3H3/p+1/b11-10+. The number of likely N-dealkylation sites (N-methyl/N-ethyl adjacent to an activating group) is 1. The van der Waals surface area contributed by atoms with Crippen LogP contribution in [-0.4, -0.2) is 48.9 Å². The zero-order chi connectivity index (χ0) is 19.1. The van der Waals surface area contributed by atoms with Crippen molar-refractivity contribution >= 4 is 12.1 Å². The summed E-state index contributed by atoms with van der Waals surface area (Å²) in [7, 11) is 0. The summed E-state index contributed by atoms with van der Waals surface area (Å²) in [5.41, 5.74) is 0. The van der Waals surface area contributed by atoms with Gasteiger partial charge in [-0.1, -0.05) is 44.8 Å². The number of quaternary nitrogens is 1. The Kier molecular flexibility index (Phi) is 12.3. The zero-order valence-electron chi connectivity index (χ0n) is 17.5. The van der Waals surface area contributed by atoms with Crippen LogP contribution in [0.15, 0.2) is 17.1 Å². The van der Waals surface area contributed by atoms with E-state index in [0.29, 0.717) is 6.17 Å². The van der Waals surface area contributed by atoms with Crippen LogP contribution in [0.25, 0.3) is 0 Å². The Morgan fingerprint density at radius 3 is 2.42 bits per heavy atom. The minimum absolute atomic E-state index is 0.0642. The van der Waals surface area contributed by atoms with Gasteiger partial charge in [0, 0.05) is 13.3 Å². The van der Waals surface area contributed by atoms with Crippen molar-refractivity contribution in [1.82, 2.24) is 5.32 Å². The van der Waals surface area contributed by atoms with Gasteiger partial charge in [0.15, 0.2) is 6.17 Å². The van der Waals surface area contributed by atoms with Gasteiger partial charge >= 0.3 is 0 Å². The molecule has 2 unspecified atom stereocenters. The number of carbonyl (C=O) groups is 1. The van der Waals surface area contributed by atoms with Crippen molar-refractivity contribution in [2.75, 3.05) is 26.2 Å². The van der Waals surface area contributed by atoms with Crippen molar-refractivity contribution in [2.24, 2.45) is 4.99 Å². The Bertz CT molecular complexity index is 433. The molecule has 0 aromatic carbocycles. The number of carbonyl (C=O) groups excluding carboxylic acids is 1. The number of hydrogen-bond donors (Lipinski definition) is 1. The van der Waals surface area contributed by atoms with Crippen LogP contribution in [0.2, 0.25) is 0 Å². The third kappa shape index (κ3) is 8.98. The summed E-state index contributed by atoms with van der Waals surface area (Å²) in [6, 6.07) is 0. The van der Waals surface area contributed by atoms with Crippen molar-refractivity contribution < 1.29 is 9.28 Å². The van der Waals surface area contributed by atoms with E-state index in [2.05, 4.69) is 37.5 Å². The molecule has 1 N–H and O–H groups in total. The molecule has 26 heavy (non-hydrogen) atoms. The molecule has 1 amide bonds. The smallest absolute Gasteiger partial charge is 0.217 e. The van der Waals surface area contributed by atoms with E-state index in [0.717, 1.165) is 30.7 Å². The molecule has 0 saturated carbocycles. The lowest BCUT2D eigenvalue weighted by Crippen LogP contribution is -2.55. The minimum Gasteiger partial charge on any atom is -0.351 e. The minimum atomic E-state index is 0.0642. The fourth-order valence-corrected chi connectivity index (χ4v) is 3.83. The molecule has 1 aliphatic rings. The van der Waals surface area contributed by atoms with E-state index in [9.17, 15) is 4.79 Å². The highest BCUT2D eigenvalue weighted by Gasteiger charge is 2.37. The van der Waals surface area contributed by atoms with Crippen LogP contribution in [0.4, 0.5) is 0 Å². The van der Waals surface area contributed by atoms with Crippen LogP contribution in [0.5, 0.6) is 0 Å². The number of rotatable bonds is 15. The van der Waals surface area contributed by atoms with Gasteiger partial charge in [-0.25, -0.2) is 4.99 Å². The van der Waals surface area contributed by atoms with Gasteiger partial charge in [-0.15, -0.1) is 0 Å². The number of amides is 1. The molecular formula is C22H42N3O+. The molecule has 0 bridgehead atoms. The predicted molar refractivity (Wildman–Crippen MR) is 112 cm³/mol. The quantitative estimate of drug-likeness (QED) is 0.252. The van der Waals surface area contributed by atoms with E-state index < -0.39 is 0 Å². The van der Waals surface area contributed by atoms with E-state index in [1.54, 1.807) is 6.92 Å². The highest BCUT2D eigenvalue weighted by Crippen LogP contribution is 2.23. The zero-order valence-corrected chi connectivity index (χ0v) is 17.5. The summed E-state index contributed by atoms with van der Waals surface area (Å²) < 4.78 is 1.01. The highest BCUT2D eigenvalue weighted by atomic mass is 16.1.